The largest absolute Gasteiger partial charge is 0.496 e. The Morgan fingerprint density at radius 2 is 1.92 bits per heavy atom. The third-order valence-corrected chi connectivity index (χ3v) is 7.30. The summed E-state index contributed by atoms with van der Waals surface area (Å²) in [5.41, 5.74) is 3.95. The van der Waals surface area contributed by atoms with Crippen molar-refractivity contribution in [2.45, 2.75) is 51.7 Å². The van der Waals surface area contributed by atoms with E-state index in [1.807, 2.05) is 0 Å². The summed E-state index contributed by atoms with van der Waals surface area (Å²) in [6.45, 7) is 8.94. The summed E-state index contributed by atoms with van der Waals surface area (Å²) in [5, 5.41) is 9.60. The summed E-state index contributed by atoms with van der Waals surface area (Å²) in [4.78, 5) is 5.28. The number of hydrogen-bond acceptors (Lipinski definition) is 5. The smallest absolute Gasteiger partial charge is 0.122 e. The highest BCUT2D eigenvalue weighted by Gasteiger charge is 2.31. The van der Waals surface area contributed by atoms with Crippen molar-refractivity contribution in [3.63, 3.8) is 0 Å². The van der Waals surface area contributed by atoms with E-state index in [0.717, 1.165) is 44.4 Å². The molecule has 146 valence electrons. The predicted octanol–water partition coefficient (Wildman–Crippen LogP) is 3.08. The van der Waals surface area contributed by atoms with E-state index in [1.54, 1.807) is 7.11 Å². The van der Waals surface area contributed by atoms with Gasteiger partial charge in [-0.05, 0) is 67.4 Å². The van der Waals surface area contributed by atoms with Gasteiger partial charge in [-0.15, -0.1) is 0 Å². The molecule has 1 N–H and O–H groups in total. The second-order valence-electron chi connectivity index (χ2n) is 7.65. The van der Waals surface area contributed by atoms with E-state index in [2.05, 4.69) is 47.5 Å². The van der Waals surface area contributed by atoms with Crippen molar-refractivity contribution >= 4 is 11.8 Å². The van der Waals surface area contributed by atoms with Gasteiger partial charge in [-0.1, -0.05) is 6.07 Å². The first kappa shape index (κ1) is 20.0. The molecular formula is C21H34N2O2S. The lowest BCUT2D eigenvalue weighted by molar-refractivity contribution is 0.0291. The van der Waals surface area contributed by atoms with Crippen LogP contribution in [0.1, 0.15) is 36.0 Å². The fourth-order valence-corrected chi connectivity index (χ4v) is 5.47. The van der Waals surface area contributed by atoms with E-state index in [-0.39, 0.29) is 6.61 Å². The number of benzene rings is 1. The van der Waals surface area contributed by atoms with Crippen LogP contribution >= 0.6 is 11.8 Å². The van der Waals surface area contributed by atoms with Crippen LogP contribution in [0.5, 0.6) is 5.75 Å². The molecule has 0 radical (unpaired) electrons. The van der Waals surface area contributed by atoms with Gasteiger partial charge in [0.2, 0.25) is 0 Å². The van der Waals surface area contributed by atoms with Crippen molar-refractivity contribution in [3.8, 4) is 5.75 Å². The quantitative estimate of drug-likeness (QED) is 0.823. The van der Waals surface area contributed by atoms with Crippen molar-refractivity contribution in [1.29, 1.82) is 0 Å². The number of hydrogen-bond donors (Lipinski definition) is 1. The van der Waals surface area contributed by atoms with Crippen molar-refractivity contribution < 1.29 is 9.84 Å². The second kappa shape index (κ2) is 9.45. The van der Waals surface area contributed by atoms with Crippen LogP contribution in [-0.2, 0) is 6.54 Å². The maximum absolute atomic E-state index is 9.60. The molecule has 0 amide bonds. The molecule has 4 nitrogen and oxygen atoms in total. The molecule has 0 aromatic heterocycles. The Kier molecular flexibility index (Phi) is 7.27. The molecule has 2 saturated heterocycles. The number of aliphatic hydroxyl groups is 1. The molecule has 26 heavy (non-hydrogen) atoms. The van der Waals surface area contributed by atoms with Gasteiger partial charge in [0, 0.05) is 44.9 Å². The molecule has 1 aromatic rings. The van der Waals surface area contributed by atoms with Crippen molar-refractivity contribution in [2.24, 2.45) is 0 Å². The normalized spacial score (nSPS) is 23.3. The van der Waals surface area contributed by atoms with Gasteiger partial charge in [0.05, 0.1) is 7.11 Å². The molecule has 0 unspecified atom stereocenters. The third-order valence-electron chi connectivity index (χ3n) is 6.25. The van der Waals surface area contributed by atoms with Crippen LogP contribution in [0.4, 0.5) is 0 Å². The Bertz CT molecular complexity index is 590. The highest BCUT2D eigenvalue weighted by molar-refractivity contribution is 7.99. The van der Waals surface area contributed by atoms with Crippen LogP contribution in [0.2, 0.25) is 0 Å². The molecule has 2 fully saturated rings. The fraction of sp³-hybridized carbons (Fsp3) is 0.714. The molecule has 2 heterocycles. The third kappa shape index (κ3) is 4.56. The van der Waals surface area contributed by atoms with Gasteiger partial charge < -0.3 is 9.84 Å². The van der Waals surface area contributed by atoms with E-state index in [9.17, 15) is 5.11 Å². The van der Waals surface area contributed by atoms with Crippen LogP contribution in [0.15, 0.2) is 12.1 Å². The Morgan fingerprint density at radius 3 is 2.62 bits per heavy atom. The minimum atomic E-state index is 0.274. The van der Waals surface area contributed by atoms with E-state index in [0.29, 0.717) is 6.04 Å². The lowest BCUT2D eigenvalue weighted by Gasteiger charge is -2.45. The summed E-state index contributed by atoms with van der Waals surface area (Å²) in [6.07, 6.45) is 3.52. The maximum Gasteiger partial charge on any atom is 0.122 e. The Morgan fingerprint density at radius 1 is 1.15 bits per heavy atom. The van der Waals surface area contributed by atoms with E-state index < -0.39 is 0 Å². The van der Waals surface area contributed by atoms with Gasteiger partial charge in [-0.25, -0.2) is 0 Å². The summed E-state index contributed by atoms with van der Waals surface area (Å²) in [7, 11) is 1.74. The van der Waals surface area contributed by atoms with Crippen molar-refractivity contribution in [2.75, 3.05) is 44.9 Å². The molecule has 5 heteroatoms. The molecular weight excluding hydrogens is 344 g/mol. The van der Waals surface area contributed by atoms with Gasteiger partial charge in [-0.3, -0.25) is 9.80 Å². The number of nitrogens with zero attached hydrogens (tertiary/aromatic N) is 2. The number of aliphatic hydroxyl groups excluding tert-OH is 1. The Balaban J connectivity index is 1.68. The number of methoxy groups -OCH3 is 1. The second-order valence-corrected chi connectivity index (χ2v) is 8.88. The minimum Gasteiger partial charge on any atom is -0.496 e. The molecule has 0 spiro atoms. The zero-order valence-corrected chi connectivity index (χ0v) is 17.4. The molecule has 1 aromatic carbocycles. The molecule has 3 rings (SSSR count). The van der Waals surface area contributed by atoms with Crippen molar-refractivity contribution in [3.05, 3.63) is 28.8 Å². The lowest BCUT2D eigenvalue weighted by Crippen LogP contribution is -2.56. The molecule has 0 saturated carbocycles. The van der Waals surface area contributed by atoms with Crippen LogP contribution in [-0.4, -0.2) is 71.8 Å². The van der Waals surface area contributed by atoms with E-state index >= 15 is 0 Å². The monoisotopic (exact) mass is 378 g/mol. The van der Waals surface area contributed by atoms with E-state index in [4.69, 9.17) is 4.74 Å². The maximum atomic E-state index is 9.60. The minimum absolute atomic E-state index is 0.274. The number of rotatable bonds is 6. The molecule has 2 aliphatic rings. The van der Waals surface area contributed by atoms with Gasteiger partial charge in [0.1, 0.15) is 5.75 Å². The topological polar surface area (TPSA) is 35.9 Å². The first-order valence-electron chi connectivity index (χ1n) is 9.93. The molecule has 0 bridgehead atoms. The molecule has 0 aliphatic carbocycles. The van der Waals surface area contributed by atoms with Gasteiger partial charge >= 0.3 is 0 Å². The number of ether oxygens (including phenoxy) is 1. The van der Waals surface area contributed by atoms with Gasteiger partial charge in [0.15, 0.2) is 0 Å². The molecule has 1 atom stereocenters. The SMILES string of the molecule is COc1ccc(CN2CCN(C3CCSCC3)C[C@@H]2CCO)c(C)c1C. The average Bonchev–Trinajstić information content (AvgIpc) is 2.68. The standard InChI is InChI=1S/C21H34N2O2S/c1-16-17(2)21(25-3)5-4-18(16)14-22-9-10-23(15-20(22)6-11-24)19-7-12-26-13-8-19/h4-5,19-20,24H,6-15H2,1-3H3/t20-/m0/s1. The van der Waals surface area contributed by atoms with Crippen LogP contribution in [0, 0.1) is 13.8 Å². The Labute approximate surface area is 162 Å². The van der Waals surface area contributed by atoms with Gasteiger partial charge in [-0.2, -0.15) is 11.8 Å². The summed E-state index contributed by atoms with van der Waals surface area (Å²) < 4.78 is 5.46. The lowest BCUT2D eigenvalue weighted by atomic mass is 9.99. The van der Waals surface area contributed by atoms with E-state index in [1.165, 1.54) is 41.0 Å². The molecule has 2 aliphatic heterocycles. The summed E-state index contributed by atoms with van der Waals surface area (Å²) in [5.74, 6) is 3.58. The first-order chi connectivity index (χ1) is 12.6. The van der Waals surface area contributed by atoms with Crippen LogP contribution in [0.25, 0.3) is 0 Å². The fourth-order valence-electron chi connectivity index (χ4n) is 4.39. The number of piperazine rings is 1. The highest BCUT2D eigenvalue weighted by atomic mass is 32.2. The zero-order valence-electron chi connectivity index (χ0n) is 16.5. The Hall–Kier alpha value is -0.750. The van der Waals surface area contributed by atoms with Gasteiger partial charge in [0.25, 0.3) is 0 Å². The predicted molar refractivity (Wildman–Crippen MR) is 110 cm³/mol. The van der Waals surface area contributed by atoms with Crippen LogP contribution in [0.3, 0.4) is 0 Å². The summed E-state index contributed by atoms with van der Waals surface area (Å²) in [6, 6.07) is 5.51. The average molecular weight is 379 g/mol. The van der Waals surface area contributed by atoms with Crippen LogP contribution < -0.4 is 4.74 Å². The van der Waals surface area contributed by atoms with Crippen molar-refractivity contribution in [1.82, 2.24) is 9.80 Å². The highest BCUT2D eigenvalue weighted by Crippen LogP contribution is 2.28. The first-order valence-corrected chi connectivity index (χ1v) is 11.1. The number of thioether (sulfide) groups is 1. The summed E-state index contributed by atoms with van der Waals surface area (Å²) >= 11 is 2.09. The zero-order chi connectivity index (χ0) is 18.5.